The van der Waals surface area contributed by atoms with E-state index in [4.69, 9.17) is 28.2 Å². The molecule has 0 saturated heterocycles. The van der Waals surface area contributed by atoms with Gasteiger partial charge >= 0.3 is 0 Å². The Bertz CT molecular complexity index is 363. The van der Waals surface area contributed by atoms with Crippen molar-refractivity contribution in [2.75, 3.05) is 5.32 Å². The highest BCUT2D eigenvalue weighted by atomic mass is 35.5. The molecule has 1 aromatic rings. The van der Waals surface area contributed by atoms with Crippen LogP contribution in [0.25, 0.3) is 0 Å². The molecule has 0 bridgehead atoms. The minimum absolute atomic E-state index is 0.0920. The van der Waals surface area contributed by atoms with E-state index in [2.05, 4.69) is 10.6 Å². The summed E-state index contributed by atoms with van der Waals surface area (Å²) in [7, 11) is 0. The maximum atomic E-state index is 7.35. The van der Waals surface area contributed by atoms with Crippen molar-refractivity contribution < 1.29 is 0 Å². The maximum absolute atomic E-state index is 7.35. The molecule has 0 heterocycles. The minimum atomic E-state index is -0.297. The van der Waals surface area contributed by atoms with E-state index in [-0.39, 0.29) is 11.9 Å². The molecule has 0 atom stereocenters. The number of anilines is 1. The molecular weight excluding hydrogens is 202 g/mol. The Kier molecular flexibility index (Phi) is 3.30. The van der Waals surface area contributed by atoms with Gasteiger partial charge in [0.1, 0.15) is 0 Å². The Balaban J connectivity index is 2.65. The summed E-state index contributed by atoms with van der Waals surface area (Å²) in [5.41, 5.74) is 5.63. The topological polar surface area (TPSA) is 97.8 Å². The first-order valence-corrected chi connectivity index (χ1v) is 4.18. The van der Waals surface area contributed by atoms with E-state index in [1.807, 2.05) is 0 Å². The van der Waals surface area contributed by atoms with Crippen LogP contribution in [0, 0.1) is 10.8 Å². The molecule has 74 valence electrons. The molecule has 6 N–H and O–H groups in total. The first-order valence-electron chi connectivity index (χ1n) is 3.81. The van der Waals surface area contributed by atoms with Gasteiger partial charge in [-0.3, -0.25) is 16.1 Å². The van der Waals surface area contributed by atoms with Gasteiger partial charge in [0.15, 0.2) is 11.9 Å². The fraction of sp³-hybridized carbons (Fsp3) is 0. The highest BCUT2D eigenvalue weighted by Gasteiger charge is 2.01. The number of halogens is 1. The molecule has 0 aliphatic carbocycles. The van der Waals surface area contributed by atoms with Crippen molar-refractivity contribution >= 4 is 29.2 Å². The summed E-state index contributed by atoms with van der Waals surface area (Å²) in [4.78, 5) is 0. The number of hydrogen-bond donors (Lipinski definition) is 5. The van der Waals surface area contributed by atoms with Crippen LogP contribution >= 0.6 is 11.6 Å². The van der Waals surface area contributed by atoms with Gasteiger partial charge in [-0.1, -0.05) is 23.7 Å². The third-order valence-electron chi connectivity index (χ3n) is 1.39. The molecule has 1 rings (SSSR count). The Hall–Kier alpha value is -1.75. The molecule has 1 aromatic carbocycles. The zero-order valence-electron chi connectivity index (χ0n) is 7.26. The van der Waals surface area contributed by atoms with Gasteiger partial charge in [-0.05, 0) is 12.1 Å². The number of para-hydroxylation sites is 1. The second-order valence-corrected chi connectivity index (χ2v) is 2.93. The third-order valence-corrected chi connectivity index (χ3v) is 1.72. The van der Waals surface area contributed by atoms with Crippen LogP contribution in [0.5, 0.6) is 0 Å². The summed E-state index contributed by atoms with van der Waals surface area (Å²) in [5, 5.41) is 19.7. The van der Waals surface area contributed by atoms with Crippen molar-refractivity contribution in [3.63, 3.8) is 0 Å². The number of guanidine groups is 2. The van der Waals surface area contributed by atoms with Gasteiger partial charge in [-0.15, -0.1) is 0 Å². The lowest BCUT2D eigenvalue weighted by Crippen LogP contribution is -2.39. The minimum Gasteiger partial charge on any atom is -0.370 e. The van der Waals surface area contributed by atoms with Crippen LogP contribution in [0.2, 0.25) is 5.02 Å². The maximum Gasteiger partial charge on any atom is 0.199 e. The lowest BCUT2D eigenvalue weighted by atomic mass is 10.3. The summed E-state index contributed by atoms with van der Waals surface area (Å²) in [6.45, 7) is 0. The highest BCUT2D eigenvalue weighted by molar-refractivity contribution is 6.33. The smallest absolute Gasteiger partial charge is 0.199 e. The number of benzene rings is 1. The van der Waals surface area contributed by atoms with Gasteiger partial charge in [-0.2, -0.15) is 0 Å². The monoisotopic (exact) mass is 211 g/mol. The summed E-state index contributed by atoms with van der Waals surface area (Å²) < 4.78 is 0. The first kappa shape index (κ1) is 10.3. The Morgan fingerprint density at radius 3 is 2.50 bits per heavy atom. The van der Waals surface area contributed by atoms with Crippen molar-refractivity contribution in [2.24, 2.45) is 5.73 Å². The molecule has 5 nitrogen and oxygen atoms in total. The normalized spacial score (nSPS) is 9.21. The molecule has 0 unspecified atom stereocenters. The molecule has 0 amide bonds. The van der Waals surface area contributed by atoms with E-state index in [1.165, 1.54) is 0 Å². The predicted molar refractivity (Wildman–Crippen MR) is 57.9 cm³/mol. The van der Waals surface area contributed by atoms with Crippen molar-refractivity contribution in [1.29, 1.82) is 10.8 Å². The molecule has 6 heteroatoms. The number of rotatable bonds is 1. The van der Waals surface area contributed by atoms with Gasteiger partial charge in [0.05, 0.1) is 10.7 Å². The average molecular weight is 212 g/mol. The van der Waals surface area contributed by atoms with Crippen LogP contribution in [-0.2, 0) is 0 Å². The summed E-state index contributed by atoms with van der Waals surface area (Å²) in [5.74, 6) is -0.389. The van der Waals surface area contributed by atoms with Gasteiger partial charge in [0.2, 0.25) is 0 Å². The summed E-state index contributed by atoms with van der Waals surface area (Å²) >= 11 is 5.83. The zero-order chi connectivity index (χ0) is 10.6. The second-order valence-electron chi connectivity index (χ2n) is 2.52. The molecule has 0 radical (unpaired) electrons. The van der Waals surface area contributed by atoms with E-state index in [1.54, 1.807) is 24.3 Å². The lowest BCUT2D eigenvalue weighted by molar-refractivity contribution is 1.20. The largest absolute Gasteiger partial charge is 0.370 e. The number of hydrogen-bond acceptors (Lipinski definition) is 2. The fourth-order valence-corrected chi connectivity index (χ4v) is 1.05. The molecule has 0 aliphatic rings. The molecule has 14 heavy (non-hydrogen) atoms. The van der Waals surface area contributed by atoms with Gasteiger partial charge < -0.3 is 11.1 Å². The van der Waals surface area contributed by atoms with Crippen molar-refractivity contribution in [2.45, 2.75) is 0 Å². The summed E-state index contributed by atoms with van der Waals surface area (Å²) in [6.07, 6.45) is 0. The number of nitrogens with two attached hydrogens (primary N) is 1. The van der Waals surface area contributed by atoms with E-state index < -0.39 is 0 Å². The van der Waals surface area contributed by atoms with Crippen molar-refractivity contribution in [3.8, 4) is 0 Å². The Labute approximate surface area is 86.3 Å². The van der Waals surface area contributed by atoms with Crippen LogP contribution < -0.4 is 16.4 Å². The quantitative estimate of drug-likeness (QED) is 0.356. The van der Waals surface area contributed by atoms with Crippen LogP contribution in [0.3, 0.4) is 0 Å². The van der Waals surface area contributed by atoms with Crippen LogP contribution in [-0.4, -0.2) is 11.9 Å². The van der Waals surface area contributed by atoms with E-state index in [9.17, 15) is 0 Å². The van der Waals surface area contributed by atoms with E-state index >= 15 is 0 Å². The SMILES string of the molecule is N=C(N)NC(=N)Nc1ccccc1Cl. The fourth-order valence-electron chi connectivity index (χ4n) is 0.863. The highest BCUT2D eigenvalue weighted by Crippen LogP contribution is 2.19. The molecule has 0 fully saturated rings. The second kappa shape index (κ2) is 4.48. The van der Waals surface area contributed by atoms with Gasteiger partial charge in [-0.25, -0.2) is 0 Å². The van der Waals surface area contributed by atoms with Crippen molar-refractivity contribution in [3.05, 3.63) is 29.3 Å². The summed E-state index contributed by atoms with van der Waals surface area (Å²) in [6, 6.07) is 6.99. The Morgan fingerprint density at radius 2 is 1.93 bits per heavy atom. The third kappa shape index (κ3) is 2.95. The molecular formula is C8H10ClN5. The standard InChI is InChI=1S/C8H10ClN5/c9-5-3-1-2-4-6(5)13-8(12)14-7(10)11/h1-4H,(H6,10,11,12,13,14). The molecule has 0 saturated carbocycles. The van der Waals surface area contributed by atoms with E-state index in [0.717, 1.165) is 0 Å². The van der Waals surface area contributed by atoms with E-state index in [0.29, 0.717) is 10.7 Å². The predicted octanol–water partition coefficient (Wildman–Crippen LogP) is 1.17. The first-order chi connectivity index (χ1) is 6.59. The number of nitrogens with one attached hydrogen (secondary N) is 4. The van der Waals surface area contributed by atoms with Crippen LogP contribution in [0.4, 0.5) is 5.69 Å². The molecule has 0 aromatic heterocycles. The van der Waals surface area contributed by atoms with Crippen LogP contribution in [0.15, 0.2) is 24.3 Å². The Morgan fingerprint density at radius 1 is 1.29 bits per heavy atom. The van der Waals surface area contributed by atoms with Gasteiger partial charge in [0, 0.05) is 0 Å². The average Bonchev–Trinajstić information content (AvgIpc) is 2.07. The van der Waals surface area contributed by atoms with Crippen LogP contribution in [0.1, 0.15) is 0 Å². The molecule has 0 spiro atoms. The lowest BCUT2D eigenvalue weighted by Gasteiger charge is -2.09. The zero-order valence-corrected chi connectivity index (χ0v) is 8.02. The van der Waals surface area contributed by atoms with Crippen molar-refractivity contribution in [1.82, 2.24) is 5.32 Å². The molecule has 0 aliphatic heterocycles. The van der Waals surface area contributed by atoms with Gasteiger partial charge in [0.25, 0.3) is 0 Å².